The van der Waals surface area contributed by atoms with Crippen LogP contribution in [0.5, 0.6) is 5.75 Å². The van der Waals surface area contributed by atoms with E-state index in [0.29, 0.717) is 31.4 Å². The number of benzene rings is 2. The van der Waals surface area contributed by atoms with E-state index in [-0.39, 0.29) is 11.8 Å². The van der Waals surface area contributed by atoms with Crippen molar-refractivity contribution in [2.75, 3.05) is 26.2 Å². The summed E-state index contributed by atoms with van der Waals surface area (Å²) < 4.78 is 10.9. The summed E-state index contributed by atoms with van der Waals surface area (Å²) in [6.45, 7) is 7.74. The summed E-state index contributed by atoms with van der Waals surface area (Å²) in [6.07, 6.45) is 3.58. The Morgan fingerprint density at radius 2 is 1.97 bits per heavy atom. The van der Waals surface area contributed by atoms with Gasteiger partial charge in [0.05, 0.1) is 13.2 Å². The molecule has 1 aromatic heterocycles. The zero-order valence-electron chi connectivity index (χ0n) is 20.1. The molecule has 0 aliphatic carbocycles. The average molecular weight is 463 g/mol. The summed E-state index contributed by atoms with van der Waals surface area (Å²) in [5, 5.41) is 7.25. The van der Waals surface area contributed by atoms with Crippen molar-refractivity contribution in [1.82, 2.24) is 20.4 Å². The van der Waals surface area contributed by atoms with Crippen molar-refractivity contribution in [2.45, 2.75) is 46.1 Å². The highest BCUT2D eigenvalue weighted by Crippen LogP contribution is 2.21. The minimum absolute atomic E-state index is 0.0762. The number of piperidine rings is 1. The van der Waals surface area contributed by atoms with E-state index in [2.05, 4.69) is 38.6 Å². The molecule has 2 aromatic carbocycles. The Morgan fingerprint density at radius 3 is 2.71 bits per heavy atom. The number of aromatic nitrogens is 2. The lowest BCUT2D eigenvalue weighted by molar-refractivity contribution is -0.126. The predicted octanol–water partition coefficient (Wildman–Crippen LogP) is 4.40. The second-order valence-electron chi connectivity index (χ2n) is 8.90. The highest BCUT2D eigenvalue weighted by molar-refractivity contribution is 5.78. The van der Waals surface area contributed by atoms with Crippen molar-refractivity contribution >= 4 is 5.91 Å². The molecule has 1 fully saturated rings. The van der Waals surface area contributed by atoms with Gasteiger partial charge < -0.3 is 14.6 Å². The molecule has 0 saturated carbocycles. The minimum Gasteiger partial charge on any atom is -0.494 e. The van der Waals surface area contributed by atoms with Crippen molar-refractivity contribution in [3.8, 4) is 17.1 Å². The molecule has 4 rings (SSSR count). The fourth-order valence-electron chi connectivity index (χ4n) is 4.33. The SMILES string of the molecule is CCOc1ccc(CCCNC(=O)C2CCN(Cc3nc(-c4cccc(C)c4)no3)CC2)cc1. The minimum atomic E-state index is 0.0762. The lowest BCUT2D eigenvalue weighted by atomic mass is 9.96. The van der Waals surface area contributed by atoms with Gasteiger partial charge in [0.1, 0.15) is 5.75 Å². The summed E-state index contributed by atoms with van der Waals surface area (Å²) in [5.74, 6) is 2.39. The number of nitrogens with zero attached hydrogens (tertiary/aromatic N) is 3. The first-order valence-electron chi connectivity index (χ1n) is 12.2. The van der Waals surface area contributed by atoms with Crippen LogP contribution in [0.25, 0.3) is 11.4 Å². The summed E-state index contributed by atoms with van der Waals surface area (Å²) in [4.78, 5) is 19.4. The molecular weight excluding hydrogens is 428 g/mol. The Hall–Kier alpha value is -3.19. The number of carbonyl (C=O) groups is 1. The second kappa shape index (κ2) is 11.8. The number of carbonyl (C=O) groups excluding carboxylic acids is 1. The van der Waals surface area contributed by atoms with Gasteiger partial charge in [0.2, 0.25) is 17.6 Å². The van der Waals surface area contributed by atoms with Crippen LogP contribution in [-0.2, 0) is 17.8 Å². The van der Waals surface area contributed by atoms with E-state index < -0.39 is 0 Å². The number of aryl methyl sites for hydroxylation is 2. The Balaban J connectivity index is 1.15. The van der Waals surface area contributed by atoms with Crippen molar-refractivity contribution in [1.29, 1.82) is 0 Å². The Morgan fingerprint density at radius 1 is 1.18 bits per heavy atom. The molecule has 0 spiro atoms. The predicted molar refractivity (Wildman–Crippen MR) is 131 cm³/mol. The van der Waals surface area contributed by atoms with Crippen LogP contribution >= 0.6 is 0 Å². The van der Waals surface area contributed by atoms with Crippen LogP contribution in [0.2, 0.25) is 0 Å². The van der Waals surface area contributed by atoms with E-state index in [1.807, 2.05) is 44.2 Å². The third kappa shape index (κ3) is 6.67. The van der Waals surface area contributed by atoms with Crippen molar-refractivity contribution in [3.05, 3.63) is 65.5 Å². The van der Waals surface area contributed by atoms with Gasteiger partial charge in [-0.15, -0.1) is 0 Å². The van der Waals surface area contributed by atoms with Crippen molar-refractivity contribution < 1.29 is 14.1 Å². The molecule has 180 valence electrons. The lowest BCUT2D eigenvalue weighted by Crippen LogP contribution is -2.40. The smallest absolute Gasteiger partial charge is 0.241 e. The summed E-state index contributed by atoms with van der Waals surface area (Å²) in [7, 11) is 0. The maximum absolute atomic E-state index is 12.6. The van der Waals surface area contributed by atoms with Gasteiger partial charge >= 0.3 is 0 Å². The monoisotopic (exact) mass is 462 g/mol. The van der Waals surface area contributed by atoms with E-state index >= 15 is 0 Å². The second-order valence-corrected chi connectivity index (χ2v) is 8.90. The number of hydrogen-bond donors (Lipinski definition) is 1. The van der Waals surface area contributed by atoms with Crippen LogP contribution in [0.4, 0.5) is 0 Å². The first-order valence-corrected chi connectivity index (χ1v) is 12.2. The van der Waals surface area contributed by atoms with Crippen LogP contribution < -0.4 is 10.1 Å². The molecule has 1 saturated heterocycles. The van der Waals surface area contributed by atoms with Gasteiger partial charge in [-0.05, 0) is 76.4 Å². The standard InChI is InChI=1S/C27H34N4O3/c1-3-33-24-11-9-21(10-12-24)7-5-15-28-27(32)22-13-16-31(17-14-22)19-25-29-26(30-34-25)23-8-4-6-20(2)18-23/h4,6,8-12,18,22H,3,5,7,13-17,19H2,1-2H3,(H,28,32). The van der Waals surface area contributed by atoms with E-state index in [9.17, 15) is 4.79 Å². The number of rotatable bonds is 10. The lowest BCUT2D eigenvalue weighted by Gasteiger charge is -2.30. The maximum atomic E-state index is 12.6. The van der Waals surface area contributed by atoms with Gasteiger partial charge in [0, 0.05) is 18.0 Å². The molecule has 1 N–H and O–H groups in total. The van der Waals surface area contributed by atoms with E-state index in [1.165, 1.54) is 11.1 Å². The van der Waals surface area contributed by atoms with E-state index in [1.54, 1.807) is 0 Å². The molecule has 1 amide bonds. The number of nitrogens with one attached hydrogen (secondary N) is 1. The third-order valence-corrected chi connectivity index (χ3v) is 6.24. The topological polar surface area (TPSA) is 80.5 Å². The average Bonchev–Trinajstić information content (AvgIpc) is 3.32. The van der Waals surface area contributed by atoms with Crippen LogP contribution in [0.3, 0.4) is 0 Å². The Bertz CT molecular complexity index is 1060. The Kier molecular flexibility index (Phi) is 8.31. The molecule has 2 heterocycles. The molecule has 3 aromatic rings. The quantitative estimate of drug-likeness (QED) is 0.450. The fourth-order valence-corrected chi connectivity index (χ4v) is 4.33. The molecule has 0 unspecified atom stereocenters. The largest absolute Gasteiger partial charge is 0.494 e. The van der Waals surface area contributed by atoms with Crippen LogP contribution in [0.15, 0.2) is 53.1 Å². The first-order chi connectivity index (χ1) is 16.6. The highest BCUT2D eigenvalue weighted by atomic mass is 16.5. The Labute approximate surface area is 201 Å². The van der Waals surface area contributed by atoms with Crippen LogP contribution in [-0.4, -0.2) is 47.2 Å². The van der Waals surface area contributed by atoms with Gasteiger partial charge in [0.15, 0.2) is 0 Å². The van der Waals surface area contributed by atoms with E-state index in [0.717, 1.165) is 50.1 Å². The van der Waals surface area contributed by atoms with Crippen molar-refractivity contribution in [2.24, 2.45) is 5.92 Å². The molecule has 7 heteroatoms. The molecule has 0 radical (unpaired) electrons. The number of ether oxygens (including phenoxy) is 1. The van der Waals surface area contributed by atoms with Gasteiger partial charge in [-0.1, -0.05) is 41.1 Å². The van der Waals surface area contributed by atoms with E-state index in [4.69, 9.17) is 9.26 Å². The van der Waals surface area contributed by atoms with Crippen LogP contribution in [0.1, 0.15) is 43.2 Å². The molecule has 0 bridgehead atoms. The molecule has 34 heavy (non-hydrogen) atoms. The summed E-state index contributed by atoms with van der Waals surface area (Å²) >= 11 is 0. The number of amides is 1. The highest BCUT2D eigenvalue weighted by Gasteiger charge is 2.25. The van der Waals surface area contributed by atoms with Gasteiger partial charge in [-0.2, -0.15) is 4.98 Å². The maximum Gasteiger partial charge on any atom is 0.241 e. The number of hydrogen-bond acceptors (Lipinski definition) is 6. The molecular formula is C27H34N4O3. The zero-order valence-corrected chi connectivity index (χ0v) is 20.1. The van der Waals surface area contributed by atoms with Gasteiger partial charge in [-0.3, -0.25) is 9.69 Å². The van der Waals surface area contributed by atoms with Gasteiger partial charge in [0.25, 0.3) is 0 Å². The summed E-state index contributed by atoms with van der Waals surface area (Å²) in [5.41, 5.74) is 3.39. The first kappa shape index (κ1) is 24.0. The third-order valence-electron chi connectivity index (χ3n) is 6.24. The normalized spacial score (nSPS) is 14.8. The molecule has 0 atom stereocenters. The zero-order chi connectivity index (χ0) is 23.8. The molecule has 1 aliphatic heterocycles. The molecule has 1 aliphatic rings. The summed E-state index contributed by atoms with van der Waals surface area (Å²) in [6, 6.07) is 16.3. The fraction of sp³-hybridized carbons (Fsp3) is 0.444. The van der Waals surface area contributed by atoms with Gasteiger partial charge in [-0.25, -0.2) is 0 Å². The number of likely N-dealkylation sites (tertiary alicyclic amines) is 1. The van der Waals surface area contributed by atoms with Crippen molar-refractivity contribution in [3.63, 3.8) is 0 Å². The molecule has 7 nitrogen and oxygen atoms in total. The van der Waals surface area contributed by atoms with Crippen LogP contribution in [0, 0.1) is 12.8 Å².